The van der Waals surface area contributed by atoms with Crippen LogP contribution < -0.4 is 4.74 Å². The summed E-state index contributed by atoms with van der Waals surface area (Å²) in [6, 6.07) is 25.1. The lowest BCUT2D eigenvalue weighted by Crippen LogP contribution is -2.07. The summed E-state index contributed by atoms with van der Waals surface area (Å²) in [5.41, 5.74) is 5.24. The molecule has 0 spiro atoms. The number of para-hydroxylation sites is 1. The monoisotopic (exact) mass is 594 g/mol. The van der Waals surface area contributed by atoms with Crippen LogP contribution in [0.25, 0.3) is 11.1 Å². The molecule has 41 heavy (non-hydrogen) atoms. The van der Waals surface area contributed by atoms with E-state index in [1.165, 1.54) is 12.1 Å². The van der Waals surface area contributed by atoms with Crippen LogP contribution in [-0.2, 0) is 39.7 Å². The zero-order valence-corrected chi connectivity index (χ0v) is 24.7. The molecule has 7 nitrogen and oxygen atoms in total. The first-order chi connectivity index (χ1) is 19.4. The lowest BCUT2D eigenvalue weighted by Gasteiger charge is -2.19. The van der Waals surface area contributed by atoms with Crippen LogP contribution in [0, 0.1) is 13.8 Å². The Morgan fingerprint density at radius 1 is 0.683 bits per heavy atom. The summed E-state index contributed by atoms with van der Waals surface area (Å²) in [7, 11) is -8.83. The molecule has 0 saturated heterocycles. The largest absolute Gasteiger partial charge is 0.488 e. The first-order valence-corrected chi connectivity index (χ1v) is 16.3. The van der Waals surface area contributed by atoms with E-state index in [1.54, 1.807) is 18.2 Å². The molecule has 0 aliphatic rings. The third kappa shape index (κ3) is 7.83. The Hall–Kier alpha value is -3.50. The van der Waals surface area contributed by atoms with Gasteiger partial charge in [0.2, 0.25) is 0 Å². The van der Waals surface area contributed by atoms with Gasteiger partial charge in [-0.25, -0.2) is 0 Å². The van der Waals surface area contributed by atoms with Crippen LogP contribution in [0.5, 0.6) is 5.75 Å². The maximum absolute atomic E-state index is 12.4. The smallest absolute Gasteiger partial charge is 0.294 e. The normalized spacial score (nSPS) is 11.9. The van der Waals surface area contributed by atoms with Crippen molar-refractivity contribution in [2.24, 2.45) is 0 Å². The molecule has 0 aliphatic heterocycles. The Kier molecular flexibility index (Phi) is 9.65. The minimum Gasteiger partial charge on any atom is -0.488 e. The lowest BCUT2D eigenvalue weighted by molar-refractivity contribution is 0.307. The second kappa shape index (κ2) is 13.0. The Morgan fingerprint density at radius 2 is 1.32 bits per heavy atom. The van der Waals surface area contributed by atoms with E-state index in [4.69, 9.17) is 4.74 Å². The van der Waals surface area contributed by atoms with E-state index in [0.717, 1.165) is 22.3 Å². The maximum atomic E-state index is 12.4. The van der Waals surface area contributed by atoms with Gasteiger partial charge in [-0.05, 0) is 85.5 Å². The average molecular weight is 595 g/mol. The van der Waals surface area contributed by atoms with Crippen LogP contribution in [0.1, 0.15) is 47.1 Å². The van der Waals surface area contributed by atoms with Gasteiger partial charge >= 0.3 is 0 Å². The molecule has 0 aromatic heterocycles. The standard InChI is InChI=1S/C32H34O7S2/c1-23-17-19-30(40(33,34)35)26(21-23)13-7-4-8-15-28-31(41(36,37)38)20-18-24(2)32(28)27-14-9-10-16-29(27)39-22-25-11-5-3-6-12-25/h3,5-6,9-12,14,16-21H,4,7-8,13,15,22H2,1-2H3,(H,33,34,35)(H,36,37,38). The number of hydrogen-bond acceptors (Lipinski definition) is 5. The predicted octanol–water partition coefficient (Wildman–Crippen LogP) is 7.00. The molecule has 0 bridgehead atoms. The third-order valence-corrected chi connectivity index (χ3v) is 8.91. The van der Waals surface area contributed by atoms with Crippen molar-refractivity contribution >= 4 is 20.2 Å². The highest BCUT2D eigenvalue weighted by Gasteiger charge is 2.23. The van der Waals surface area contributed by atoms with Crippen molar-refractivity contribution in [2.75, 3.05) is 0 Å². The van der Waals surface area contributed by atoms with Gasteiger partial charge < -0.3 is 4.74 Å². The van der Waals surface area contributed by atoms with Gasteiger partial charge in [-0.2, -0.15) is 16.8 Å². The van der Waals surface area contributed by atoms with Gasteiger partial charge in [-0.1, -0.05) is 78.7 Å². The van der Waals surface area contributed by atoms with Crippen molar-refractivity contribution < 1.29 is 30.7 Å². The van der Waals surface area contributed by atoms with E-state index in [2.05, 4.69) is 0 Å². The van der Waals surface area contributed by atoms with Gasteiger partial charge in [0, 0.05) is 5.56 Å². The van der Waals surface area contributed by atoms with Crippen LogP contribution in [0.3, 0.4) is 0 Å². The number of benzene rings is 4. The molecule has 0 saturated carbocycles. The quantitative estimate of drug-likeness (QED) is 0.134. The van der Waals surface area contributed by atoms with E-state index >= 15 is 0 Å². The van der Waals surface area contributed by atoms with Gasteiger partial charge in [-0.3, -0.25) is 9.11 Å². The Morgan fingerprint density at radius 3 is 2.02 bits per heavy atom. The van der Waals surface area contributed by atoms with E-state index in [0.29, 0.717) is 61.2 Å². The Bertz CT molecular complexity index is 1730. The first-order valence-electron chi connectivity index (χ1n) is 13.4. The van der Waals surface area contributed by atoms with Crippen molar-refractivity contribution in [1.82, 2.24) is 0 Å². The van der Waals surface area contributed by atoms with Crippen molar-refractivity contribution in [3.63, 3.8) is 0 Å². The second-order valence-electron chi connectivity index (χ2n) is 10.1. The molecule has 0 radical (unpaired) electrons. The van der Waals surface area contributed by atoms with E-state index in [9.17, 15) is 25.9 Å². The van der Waals surface area contributed by atoms with Gasteiger partial charge in [0.1, 0.15) is 12.4 Å². The van der Waals surface area contributed by atoms with Crippen LogP contribution >= 0.6 is 0 Å². The first kappa shape index (κ1) is 30.5. The molecular formula is C32H34O7S2. The highest BCUT2D eigenvalue weighted by atomic mass is 32.2. The molecule has 9 heteroatoms. The number of unbranched alkanes of at least 4 members (excludes halogenated alkanes) is 2. The number of hydrogen-bond donors (Lipinski definition) is 2. The fraction of sp³-hybridized carbons (Fsp3) is 0.250. The summed E-state index contributed by atoms with van der Waals surface area (Å²) in [6.07, 6.45) is 2.71. The zero-order valence-electron chi connectivity index (χ0n) is 23.1. The van der Waals surface area contributed by atoms with Gasteiger partial charge in [0.25, 0.3) is 20.2 Å². The number of aryl methyl sites for hydroxylation is 3. The third-order valence-electron chi connectivity index (χ3n) is 7.02. The molecule has 4 aromatic carbocycles. The summed E-state index contributed by atoms with van der Waals surface area (Å²) in [6.45, 7) is 4.10. The van der Waals surface area contributed by atoms with Crippen molar-refractivity contribution in [3.05, 3.63) is 113 Å². The molecular weight excluding hydrogens is 560 g/mol. The average Bonchev–Trinajstić information content (AvgIpc) is 2.91. The van der Waals surface area contributed by atoms with Crippen LogP contribution in [0.4, 0.5) is 0 Å². The molecule has 0 amide bonds. The number of ether oxygens (including phenoxy) is 1. The Balaban J connectivity index is 1.59. The van der Waals surface area contributed by atoms with Crippen LogP contribution in [-0.4, -0.2) is 25.9 Å². The van der Waals surface area contributed by atoms with Crippen molar-refractivity contribution in [2.45, 2.75) is 62.3 Å². The molecule has 0 atom stereocenters. The molecule has 4 aromatic rings. The summed E-state index contributed by atoms with van der Waals surface area (Å²) in [5.74, 6) is 0.602. The molecule has 0 unspecified atom stereocenters. The summed E-state index contributed by atoms with van der Waals surface area (Å²) in [5, 5.41) is 0. The molecule has 0 aliphatic carbocycles. The minimum atomic E-state index is -4.50. The zero-order chi connectivity index (χ0) is 29.6. The molecule has 0 fully saturated rings. The van der Waals surface area contributed by atoms with Crippen LogP contribution in [0.2, 0.25) is 0 Å². The van der Waals surface area contributed by atoms with Gasteiger partial charge in [0.05, 0.1) is 9.79 Å². The van der Waals surface area contributed by atoms with E-state index in [-0.39, 0.29) is 9.79 Å². The fourth-order valence-electron chi connectivity index (χ4n) is 5.09. The maximum Gasteiger partial charge on any atom is 0.294 e. The molecule has 0 heterocycles. The minimum absolute atomic E-state index is 0.0927. The van der Waals surface area contributed by atoms with Gasteiger partial charge in [0.15, 0.2) is 0 Å². The van der Waals surface area contributed by atoms with Crippen LogP contribution in [0.15, 0.2) is 94.7 Å². The Labute approximate surface area is 242 Å². The molecule has 216 valence electrons. The van der Waals surface area contributed by atoms with Crippen molar-refractivity contribution in [1.29, 1.82) is 0 Å². The molecule has 2 N–H and O–H groups in total. The topological polar surface area (TPSA) is 118 Å². The lowest BCUT2D eigenvalue weighted by atomic mass is 9.91. The summed E-state index contributed by atoms with van der Waals surface area (Å²) < 4.78 is 74.3. The summed E-state index contributed by atoms with van der Waals surface area (Å²) >= 11 is 0. The van der Waals surface area contributed by atoms with E-state index in [1.807, 2.05) is 68.4 Å². The van der Waals surface area contributed by atoms with Gasteiger partial charge in [-0.15, -0.1) is 0 Å². The van der Waals surface area contributed by atoms with Crippen molar-refractivity contribution in [3.8, 4) is 16.9 Å². The van der Waals surface area contributed by atoms with E-state index < -0.39 is 20.2 Å². The highest BCUT2D eigenvalue weighted by molar-refractivity contribution is 7.86. The fourth-order valence-corrected chi connectivity index (χ4v) is 6.58. The SMILES string of the molecule is Cc1ccc(S(=O)(=O)O)c(CCCCCc2c(S(=O)(=O)O)ccc(C)c2-c2ccccc2OCc2ccccc2)c1. The summed E-state index contributed by atoms with van der Waals surface area (Å²) in [4.78, 5) is -0.229. The highest BCUT2D eigenvalue weighted by Crippen LogP contribution is 2.38. The molecule has 4 rings (SSSR count). The predicted molar refractivity (Wildman–Crippen MR) is 159 cm³/mol. The second-order valence-corrected chi connectivity index (χ2v) is 12.9. The number of rotatable bonds is 12.